The Morgan fingerprint density at radius 2 is 2.00 bits per heavy atom. The predicted octanol–water partition coefficient (Wildman–Crippen LogP) is 3.12. The first kappa shape index (κ1) is 15.6. The fraction of sp³-hybridized carbons (Fsp3) is 0.176. The van der Waals surface area contributed by atoms with Crippen molar-refractivity contribution in [2.75, 3.05) is 6.61 Å². The zero-order chi connectivity index (χ0) is 15.8. The molecular weight excluding hydrogens is 282 g/mol. The van der Waals surface area contributed by atoms with Crippen LogP contribution in [0.5, 0.6) is 5.88 Å². The molecule has 0 aliphatic carbocycles. The predicted molar refractivity (Wildman–Crippen MR) is 82.2 cm³/mol. The van der Waals surface area contributed by atoms with E-state index in [0.29, 0.717) is 24.7 Å². The molecule has 0 aliphatic heterocycles. The van der Waals surface area contributed by atoms with Gasteiger partial charge in [0.1, 0.15) is 6.61 Å². The molecule has 114 valence electrons. The zero-order valence-corrected chi connectivity index (χ0v) is 12.2. The minimum atomic E-state index is -1.11. The summed E-state index contributed by atoms with van der Waals surface area (Å²) >= 11 is 0. The summed E-state index contributed by atoms with van der Waals surface area (Å²) < 4.78 is 10.6. The number of carboxylic acid groups (broad SMARTS) is 1. The number of benzene rings is 1. The van der Waals surface area contributed by atoms with Gasteiger partial charge in [-0.25, -0.2) is 9.78 Å². The molecule has 1 aromatic heterocycles. The summed E-state index contributed by atoms with van der Waals surface area (Å²) in [7, 11) is 0. The summed E-state index contributed by atoms with van der Waals surface area (Å²) in [5, 5.41) is 8.99. The average Bonchev–Trinajstić information content (AvgIpc) is 2.54. The lowest BCUT2D eigenvalue weighted by Gasteiger charge is -2.06. The molecule has 2 aromatic rings. The lowest BCUT2D eigenvalue weighted by atomic mass is 10.2. The number of hydrogen-bond donors (Lipinski definition) is 1. The van der Waals surface area contributed by atoms with Gasteiger partial charge in [0.15, 0.2) is 0 Å². The third kappa shape index (κ3) is 4.63. The van der Waals surface area contributed by atoms with Crippen LogP contribution >= 0.6 is 0 Å². The summed E-state index contributed by atoms with van der Waals surface area (Å²) in [6.07, 6.45) is 2.97. The highest BCUT2D eigenvalue weighted by Crippen LogP contribution is 2.13. The van der Waals surface area contributed by atoms with E-state index in [9.17, 15) is 4.79 Å². The summed E-state index contributed by atoms with van der Waals surface area (Å²) in [5.41, 5.74) is 1.69. The fourth-order valence-corrected chi connectivity index (χ4v) is 1.77. The Morgan fingerprint density at radius 1 is 1.23 bits per heavy atom. The average molecular weight is 299 g/mol. The molecule has 5 nitrogen and oxygen atoms in total. The number of nitrogens with zero attached hydrogens (tertiary/aromatic N) is 1. The van der Waals surface area contributed by atoms with Gasteiger partial charge in [-0.3, -0.25) is 0 Å². The van der Waals surface area contributed by atoms with Crippen molar-refractivity contribution in [1.29, 1.82) is 0 Å². The Bertz CT molecular complexity index is 635. The van der Waals surface area contributed by atoms with Crippen LogP contribution in [0, 0.1) is 0 Å². The molecule has 22 heavy (non-hydrogen) atoms. The number of aromatic nitrogens is 1. The molecule has 0 amide bonds. The van der Waals surface area contributed by atoms with E-state index in [-0.39, 0.29) is 5.76 Å². The van der Waals surface area contributed by atoms with Crippen molar-refractivity contribution in [2.45, 2.75) is 13.5 Å². The maximum atomic E-state index is 11.0. The Labute approximate surface area is 128 Å². The minimum Gasteiger partial charge on any atom is -0.487 e. The molecule has 0 unspecified atom stereocenters. The van der Waals surface area contributed by atoms with Crippen molar-refractivity contribution in [3.05, 3.63) is 65.5 Å². The number of carboxylic acids is 1. The van der Waals surface area contributed by atoms with Crippen molar-refractivity contribution in [1.82, 2.24) is 4.98 Å². The van der Waals surface area contributed by atoms with Crippen LogP contribution in [0.4, 0.5) is 0 Å². The molecule has 1 heterocycles. The lowest BCUT2D eigenvalue weighted by Crippen LogP contribution is -2.04. The first-order chi connectivity index (χ1) is 10.7. The van der Waals surface area contributed by atoms with Gasteiger partial charge in [-0.2, -0.15) is 0 Å². The van der Waals surface area contributed by atoms with E-state index >= 15 is 0 Å². The molecule has 1 N–H and O–H groups in total. The maximum absolute atomic E-state index is 11.0. The number of ether oxygens (including phenoxy) is 2. The smallest absolute Gasteiger partial charge is 0.371 e. The third-order valence-corrected chi connectivity index (χ3v) is 2.80. The molecule has 0 aliphatic rings. The molecule has 1 aromatic carbocycles. The quantitative estimate of drug-likeness (QED) is 0.628. The Kier molecular flexibility index (Phi) is 5.54. The van der Waals surface area contributed by atoms with Gasteiger partial charge in [-0.15, -0.1) is 0 Å². The van der Waals surface area contributed by atoms with Crippen molar-refractivity contribution in [3.63, 3.8) is 0 Å². The monoisotopic (exact) mass is 299 g/mol. The first-order valence-corrected chi connectivity index (χ1v) is 6.89. The number of pyridine rings is 1. The van der Waals surface area contributed by atoms with Crippen LogP contribution in [0.3, 0.4) is 0 Å². The van der Waals surface area contributed by atoms with Gasteiger partial charge in [-0.1, -0.05) is 30.3 Å². The van der Waals surface area contributed by atoms with E-state index in [1.807, 2.05) is 30.3 Å². The van der Waals surface area contributed by atoms with Crippen LogP contribution in [0.2, 0.25) is 0 Å². The molecular formula is C17H17NO4. The van der Waals surface area contributed by atoms with E-state index in [1.54, 1.807) is 25.3 Å². The molecule has 0 fully saturated rings. The molecule has 5 heteroatoms. The highest BCUT2D eigenvalue weighted by Gasteiger charge is 2.08. The van der Waals surface area contributed by atoms with Crippen LogP contribution in [-0.4, -0.2) is 22.7 Å². The lowest BCUT2D eigenvalue weighted by molar-refractivity contribution is -0.136. The van der Waals surface area contributed by atoms with E-state index < -0.39 is 5.97 Å². The molecule has 2 rings (SSSR count). The fourth-order valence-electron chi connectivity index (χ4n) is 1.77. The SMILES string of the molecule is CCOC(=Cc1ccc(OCc2ccccc2)nc1)C(=O)O. The molecule has 0 atom stereocenters. The molecule has 0 radical (unpaired) electrons. The van der Waals surface area contributed by atoms with Crippen LogP contribution in [0.25, 0.3) is 6.08 Å². The highest BCUT2D eigenvalue weighted by molar-refractivity contribution is 5.89. The topological polar surface area (TPSA) is 68.7 Å². The van der Waals surface area contributed by atoms with Crippen molar-refractivity contribution >= 4 is 12.0 Å². The number of aliphatic carboxylic acids is 1. The second-order valence-corrected chi connectivity index (χ2v) is 4.45. The van der Waals surface area contributed by atoms with E-state index in [2.05, 4.69) is 4.98 Å². The van der Waals surface area contributed by atoms with Crippen LogP contribution in [0.15, 0.2) is 54.4 Å². The molecule has 0 spiro atoms. The van der Waals surface area contributed by atoms with Crippen LogP contribution in [-0.2, 0) is 16.1 Å². The number of rotatable bonds is 7. The Hall–Kier alpha value is -2.82. The van der Waals surface area contributed by atoms with E-state index in [1.165, 1.54) is 6.08 Å². The van der Waals surface area contributed by atoms with Gasteiger partial charge in [0.05, 0.1) is 6.61 Å². The Morgan fingerprint density at radius 3 is 2.59 bits per heavy atom. The largest absolute Gasteiger partial charge is 0.487 e. The minimum absolute atomic E-state index is 0.109. The van der Waals surface area contributed by atoms with Crippen LogP contribution in [0.1, 0.15) is 18.1 Å². The van der Waals surface area contributed by atoms with Crippen molar-refractivity contribution in [3.8, 4) is 5.88 Å². The first-order valence-electron chi connectivity index (χ1n) is 6.89. The maximum Gasteiger partial charge on any atom is 0.371 e. The summed E-state index contributed by atoms with van der Waals surface area (Å²) in [4.78, 5) is 15.1. The highest BCUT2D eigenvalue weighted by atomic mass is 16.5. The van der Waals surface area contributed by atoms with Gasteiger partial charge < -0.3 is 14.6 Å². The van der Waals surface area contributed by atoms with Crippen molar-refractivity contribution in [2.24, 2.45) is 0 Å². The van der Waals surface area contributed by atoms with Gasteiger partial charge >= 0.3 is 5.97 Å². The number of hydrogen-bond acceptors (Lipinski definition) is 4. The summed E-state index contributed by atoms with van der Waals surface area (Å²) in [6.45, 7) is 2.46. The van der Waals surface area contributed by atoms with Crippen LogP contribution < -0.4 is 4.74 Å². The van der Waals surface area contributed by atoms with Gasteiger partial charge in [0.25, 0.3) is 0 Å². The molecule has 0 saturated carbocycles. The van der Waals surface area contributed by atoms with Gasteiger partial charge in [0, 0.05) is 12.3 Å². The van der Waals surface area contributed by atoms with E-state index in [0.717, 1.165) is 5.56 Å². The summed E-state index contributed by atoms with van der Waals surface area (Å²) in [5.74, 6) is -0.734. The standard InChI is InChI=1S/C17H17NO4/c1-2-21-15(17(19)20)10-14-8-9-16(18-11-14)22-12-13-6-4-3-5-7-13/h3-11H,2,12H2,1H3,(H,19,20). The second kappa shape index (κ2) is 7.83. The van der Waals surface area contributed by atoms with E-state index in [4.69, 9.17) is 14.6 Å². The summed E-state index contributed by atoms with van der Waals surface area (Å²) in [6, 6.07) is 13.2. The number of carbonyl (C=O) groups is 1. The molecule has 0 bridgehead atoms. The third-order valence-electron chi connectivity index (χ3n) is 2.80. The Balaban J connectivity index is 2.00. The zero-order valence-electron chi connectivity index (χ0n) is 12.2. The van der Waals surface area contributed by atoms with Gasteiger partial charge in [-0.05, 0) is 30.2 Å². The second-order valence-electron chi connectivity index (χ2n) is 4.45. The van der Waals surface area contributed by atoms with Crippen molar-refractivity contribution < 1.29 is 19.4 Å². The molecule has 0 saturated heterocycles. The normalized spacial score (nSPS) is 11.0. The van der Waals surface area contributed by atoms with Gasteiger partial charge in [0.2, 0.25) is 11.6 Å².